The first kappa shape index (κ1) is 41.5. The summed E-state index contributed by atoms with van der Waals surface area (Å²) in [6, 6.07) is 35.8. The third-order valence-electron chi connectivity index (χ3n) is 11.9. The van der Waals surface area contributed by atoms with Crippen molar-refractivity contribution in [1.82, 2.24) is 19.1 Å². The van der Waals surface area contributed by atoms with Crippen molar-refractivity contribution in [3.8, 4) is 11.6 Å². The zero-order chi connectivity index (χ0) is 38.6. The lowest BCUT2D eigenvalue weighted by Crippen LogP contribution is -2.08. The van der Waals surface area contributed by atoms with Gasteiger partial charge in [0.05, 0.1) is 22.1 Å². The molecular formula is C52H70N4. The van der Waals surface area contributed by atoms with Gasteiger partial charge in [0, 0.05) is 13.1 Å². The second kappa shape index (κ2) is 23.1. The van der Waals surface area contributed by atoms with Crippen LogP contribution in [0, 0.1) is 0 Å². The van der Waals surface area contributed by atoms with Gasteiger partial charge in [0.2, 0.25) is 0 Å². The molecule has 0 aliphatic carbocycles. The van der Waals surface area contributed by atoms with E-state index in [1.54, 1.807) is 0 Å². The molecule has 0 bridgehead atoms. The van der Waals surface area contributed by atoms with Crippen LogP contribution in [0.3, 0.4) is 0 Å². The summed E-state index contributed by atoms with van der Waals surface area (Å²) in [6.07, 6.45) is 29.9. The summed E-state index contributed by atoms with van der Waals surface area (Å²) in [5.41, 5.74) is 9.79. The Bertz CT molecular complexity index is 1830. The topological polar surface area (TPSA) is 35.6 Å². The Kier molecular flexibility index (Phi) is 17.1. The molecule has 0 atom stereocenters. The third-order valence-corrected chi connectivity index (χ3v) is 11.9. The molecule has 4 aromatic carbocycles. The van der Waals surface area contributed by atoms with Gasteiger partial charge in [0.25, 0.3) is 0 Å². The summed E-state index contributed by atoms with van der Waals surface area (Å²) < 4.78 is 4.75. The van der Waals surface area contributed by atoms with Gasteiger partial charge in [-0.05, 0) is 72.2 Å². The van der Waals surface area contributed by atoms with Crippen molar-refractivity contribution >= 4 is 22.1 Å². The van der Waals surface area contributed by atoms with Gasteiger partial charge in [-0.15, -0.1) is 0 Å². The molecule has 0 fully saturated rings. The number of rotatable bonds is 27. The van der Waals surface area contributed by atoms with Gasteiger partial charge in [-0.2, -0.15) is 0 Å². The molecule has 0 spiro atoms. The van der Waals surface area contributed by atoms with Crippen LogP contribution < -0.4 is 0 Å². The van der Waals surface area contributed by atoms with Gasteiger partial charge < -0.3 is 9.13 Å². The summed E-state index contributed by atoms with van der Waals surface area (Å²) in [4.78, 5) is 10.5. The van der Waals surface area contributed by atoms with E-state index in [4.69, 9.17) is 9.97 Å². The molecule has 56 heavy (non-hydrogen) atoms. The van der Waals surface area contributed by atoms with Crippen LogP contribution in [0.1, 0.15) is 165 Å². The molecule has 4 heteroatoms. The van der Waals surface area contributed by atoms with Crippen molar-refractivity contribution in [2.45, 2.75) is 168 Å². The molecule has 0 radical (unpaired) electrons. The summed E-state index contributed by atoms with van der Waals surface area (Å²) >= 11 is 0. The number of fused-ring (bicyclic) bond motifs is 2. The second-order valence-electron chi connectivity index (χ2n) is 16.5. The fraction of sp³-hybridized carbons (Fsp3) is 0.500. The van der Waals surface area contributed by atoms with E-state index in [0.29, 0.717) is 0 Å². The largest absolute Gasteiger partial charge is 0.317 e. The first-order chi connectivity index (χ1) is 27.7. The average molecular weight is 751 g/mol. The average Bonchev–Trinajstić information content (AvgIpc) is 3.78. The number of nitrogens with zero attached hydrogens (tertiary/aromatic N) is 4. The minimum atomic E-state index is 0.755. The number of benzene rings is 4. The fourth-order valence-corrected chi connectivity index (χ4v) is 8.43. The highest BCUT2D eigenvalue weighted by atomic mass is 15.2. The van der Waals surface area contributed by atoms with E-state index in [1.165, 1.54) is 164 Å². The van der Waals surface area contributed by atoms with E-state index in [1.807, 2.05) is 0 Å². The zero-order valence-electron chi connectivity index (χ0n) is 35.0. The number of unbranched alkanes of at least 4 members (excludes halogenated alkanes) is 18. The molecule has 0 aliphatic heterocycles. The quantitative estimate of drug-likeness (QED) is 0.0492. The second-order valence-corrected chi connectivity index (χ2v) is 16.5. The molecular weight excluding hydrogens is 681 g/mol. The van der Waals surface area contributed by atoms with Gasteiger partial charge in [-0.25, -0.2) is 9.97 Å². The lowest BCUT2D eigenvalue weighted by Gasteiger charge is -2.13. The highest BCUT2D eigenvalue weighted by molar-refractivity contribution is 5.84. The van der Waals surface area contributed by atoms with Crippen molar-refractivity contribution < 1.29 is 0 Å². The predicted molar refractivity (Wildman–Crippen MR) is 241 cm³/mol. The molecule has 0 N–H and O–H groups in total. The highest BCUT2D eigenvalue weighted by Gasteiger charge is 2.20. The summed E-state index contributed by atoms with van der Waals surface area (Å²) in [6.45, 7) is 6.10. The van der Waals surface area contributed by atoms with E-state index in [-0.39, 0.29) is 0 Å². The van der Waals surface area contributed by atoms with Gasteiger partial charge in [-0.3, -0.25) is 0 Å². The third kappa shape index (κ3) is 12.4. The van der Waals surface area contributed by atoms with Crippen molar-refractivity contribution in [1.29, 1.82) is 0 Å². The van der Waals surface area contributed by atoms with E-state index in [9.17, 15) is 0 Å². The van der Waals surface area contributed by atoms with Crippen LogP contribution in [0.5, 0.6) is 0 Å². The zero-order valence-corrected chi connectivity index (χ0v) is 35.0. The molecule has 2 aromatic heterocycles. The number of aromatic nitrogens is 4. The molecule has 0 unspecified atom stereocenters. The Morgan fingerprint density at radius 2 is 0.643 bits per heavy atom. The fourth-order valence-electron chi connectivity index (χ4n) is 8.43. The lowest BCUT2D eigenvalue weighted by molar-refractivity contribution is 0.556. The molecule has 6 rings (SSSR count). The minimum Gasteiger partial charge on any atom is -0.317 e. The number of imidazole rings is 2. The first-order valence-corrected chi connectivity index (χ1v) is 22.8. The van der Waals surface area contributed by atoms with Gasteiger partial charge in [-0.1, -0.05) is 202 Å². The molecule has 0 aliphatic rings. The van der Waals surface area contributed by atoms with Crippen LogP contribution in [0.25, 0.3) is 33.7 Å². The summed E-state index contributed by atoms with van der Waals surface area (Å²) in [5, 5.41) is 0. The van der Waals surface area contributed by atoms with E-state index < -0.39 is 0 Å². The molecule has 2 heterocycles. The molecule has 0 saturated carbocycles. The van der Waals surface area contributed by atoms with Crippen LogP contribution in [0.4, 0.5) is 0 Å². The maximum absolute atomic E-state index is 5.25. The number of aryl methyl sites for hydroxylation is 2. The molecule has 0 saturated heterocycles. The van der Waals surface area contributed by atoms with E-state index in [0.717, 1.165) is 46.8 Å². The highest BCUT2D eigenvalue weighted by Crippen LogP contribution is 2.30. The molecule has 4 nitrogen and oxygen atoms in total. The Morgan fingerprint density at radius 1 is 0.339 bits per heavy atom. The van der Waals surface area contributed by atoms with Crippen molar-refractivity contribution in [2.75, 3.05) is 0 Å². The Balaban J connectivity index is 1.08. The maximum atomic E-state index is 5.25. The van der Waals surface area contributed by atoms with Crippen LogP contribution in [0.2, 0.25) is 0 Å². The van der Waals surface area contributed by atoms with E-state index >= 15 is 0 Å². The summed E-state index contributed by atoms with van der Waals surface area (Å²) in [5.74, 6) is 1.85. The van der Waals surface area contributed by atoms with Crippen molar-refractivity contribution in [3.63, 3.8) is 0 Å². The molecule has 0 amide bonds. The Hall–Kier alpha value is -4.18. The molecule has 298 valence electrons. The standard InChI is InChI=1S/C52H70N4/c1-3-5-7-9-11-13-15-17-19-21-27-43-33-37-45(38-34-43)41-55-49-31-25-23-29-47(49)53-51(55)52-54-48-30-24-26-32-50(48)56(52)42-46-39-35-44(36-40-46)28-22-20-18-16-14-12-10-8-6-4-2/h23-26,29-40H,3-22,27-28,41-42H2,1-2H3. The molecule has 6 aromatic rings. The maximum Gasteiger partial charge on any atom is 0.177 e. The smallest absolute Gasteiger partial charge is 0.177 e. The lowest BCUT2D eigenvalue weighted by atomic mass is 10.0. The van der Waals surface area contributed by atoms with Crippen LogP contribution in [0.15, 0.2) is 97.1 Å². The van der Waals surface area contributed by atoms with Crippen molar-refractivity contribution in [3.05, 3.63) is 119 Å². The predicted octanol–water partition coefficient (Wildman–Crippen LogP) is 15.1. The van der Waals surface area contributed by atoms with Crippen molar-refractivity contribution in [2.24, 2.45) is 0 Å². The number of para-hydroxylation sites is 4. The van der Waals surface area contributed by atoms with Crippen LogP contribution in [-0.2, 0) is 25.9 Å². The monoisotopic (exact) mass is 751 g/mol. The minimum absolute atomic E-state index is 0.755. The summed E-state index contributed by atoms with van der Waals surface area (Å²) in [7, 11) is 0. The number of hydrogen-bond acceptors (Lipinski definition) is 2. The number of hydrogen-bond donors (Lipinski definition) is 0. The normalized spacial score (nSPS) is 11.7. The first-order valence-electron chi connectivity index (χ1n) is 22.8. The Morgan fingerprint density at radius 3 is 1.00 bits per heavy atom. The van der Waals surface area contributed by atoms with Crippen LogP contribution >= 0.6 is 0 Å². The van der Waals surface area contributed by atoms with E-state index in [2.05, 4.69) is 120 Å². The van der Waals surface area contributed by atoms with Crippen LogP contribution in [-0.4, -0.2) is 19.1 Å². The van der Waals surface area contributed by atoms with Gasteiger partial charge in [0.15, 0.2) is 11.6 Å². The SMILES string of the molecule is CCCCCCCCCCCCc1ccc(Cn2c(-c3nc4ccccc4n3Cc3ccc(CCCCCCCCCCCC)cc3)nc3ccccc32)cc1. The van der Waals surface area contributed by atoms with Gasteiger partial charge >= 0.3 is 0 Å². The van der Waals surface area contributed by atoms with Gasteiger partial charge in [0.1, 0.15) is 0 Å². The Labute approximate surface area is 339 Å².